The summed E-state index contributed by atoms with van der Waals surface area (Å²) in [6.07, 6.45) is 3.62. The van der Waals surface area contributed by atoms with Crippen molar-refractivity contribution in [2.24, 2.45) is 0 Å². The molecule has 0 aliphatic carbocycles. The van der Waals surface area contributed by atoms with Crippen LogP contribution < -0.4 is 5.32 Å². The van der Waals surface area contributed by atoms with Crippen molar-refractivity contribution in [2.45, 2.75) is 6.54 Å². The number of hydrogen-bond donors (Lipinski definition) is 1. The molecular weight excluding hydrogens is 350 g/mol. The second-order valence-electron chi connectivity index (χ2n) is 4.36. The van der Waals surface area contributed by atoms with Crippen LogP contribution in [0.5, 0.6) is 0 Å². The first-order chi connectivity index (χ1) is 10.3. The van der Waals surface area contributed by atoms with Gasteiger partial charge in [-0.15, -0.1) is 11.3 Å². The molecule has 0 spiro atoms. The molecular formula is C15H12BrN3OS. The van der Waals surface area contributed by atoms with E-state index < -0.39 is 0 Å². The van der Waals surface area contributed by atoms with Crippen molar-refractivity contribution in [2.75, 3.05) is 0 Å². The van der Waals surface area contributed by atoms with Crippen molar-refractivity contribution in [1.29, 1.82) is 0 Å². The highest BCUT2D eigenvalue weighted by Crippen LogP contribution is 2.22. The Hall–Kier alpha value is -1.92. The van der Waals surface area contributed by atoms with E-state index in [9.17, 15) is 4.79 Å². The van der Waals surface area contributed by atoms with Crippen molar-refractivity contribution in [3.05, 3.63) is 69.1 Å². The molecule has 0 saturated heterocycles. The summed E-state index contributed by atoms with van der Waals surface area (Å²) in [6, 6.07) is 11.6. The number of amides is 1. The molecule has 0 bridgehead atoms. The van der Waals surface area contributed by atoms with Crippen molar-refractivity contribution in [3.63, 3.8) is 0 Å². The van der Waals surface area contributed by atoms with Crippen LogP contribution in [0.15, 0.2) is 58.6 Å². The molecule has 0 aliphatic heterocycles. The summed E-state index contributed by atoms with van der Waals surface area (Å²) in [7, 11) is 0. The van der Waals surface area contributed by atoms with Gasteiger partial charge < -0.3 is 5.32 Å². The molecule has 1 N–H and O–H groups in total. The Morgan fingerprint density at radius 2 is 2.14 bits per heavy atom. The van der Waals surface area contributed by atoms with Gasteiger partial charge in [0.05, 0.1) is 5.69 Å². The van der Waals surface area contributed by atoms with Crippen LogP contribution in [-0.4, -0.2) is 15.7 Å². The molecule has 1 aromatic carbocycles. The van der Waals surface area contributed by atoms with E-state index in [2.05, 4.69) is 26.3 Å². The lowest BCUT2D eigenvalue weighted by atomic mass is 10.2. The second-order valence-corrected chi connectivity index (χ2v) is 6.13. The van der Waals surface area contributed by atoms with Gasteiger partial charge in [-0.3, -0.25) is 4.79 Å². The van der Waals surface area contributed by atoms with Gasteiger partial charge in [0, 0.05) is 23.4 Å². The van der Waals surface area contributed by atoms with Gasteiger partial charge in [-0.25, -0.2) is 4.68 Å². The molecule has 0 atom stereocenters. The average Bonchev–Trinajstić information content (AvgIpc) is 3.16. The van der Waals surface area contributed by atoms with E-state index >= 15 is 0 Å². The number of carbonyl (C=O) groups excluding carboxylic acids is 1. The molecule has 4 nitrogen and oxygen atoms in total. The summed E-state index contributed by atoms with van der Waals surface area (Å²) in [6.45, 7) is 0.458. The normalized spacial score (nSPS) is 10.5. The Morgan fingerprint density at radius 3 is 2.86 bits per heavy atom. The van der Waals surface area contributed by atoms with Crippen molar-refractivity contribution in [3.8, 4) is 5.69 Å². The third-order valence-electron chi connectivity index (χ3n) is 3.01. The summed E-state index contributed by atoms with van der Waals surface area (Å²) in [5.41, 5.74) is 1.98. The van der Waals surface area contributed by atoms with Gasteiger partial charge in [0.15, 0.2) is 0 Å². The Bertz CT molecular complexity index is 752. The van der Waals surface area contributed by atoms with Crippen LogP contribution in [0.3, 0.4) is 0 Å². The summed E-state index contributed by atoms with van der Waals surface area (Å²) in [5, 5.41) is 9.07. The standard InChI is InChI=1S/C15H12BrN3OS/c16-12-6-9-21-14(12)15(20)17-10-11-4-1-2-5-13(11)19-8-3-7-18-19/h1-9H,10H2,(H,17,20). The second kappa shape index (κ2) is 6.24. The predicted molar refractivity (Wildman–Crippen MR) is 86.8 cm³/mol. The lowest BCUT2D eigenvalue weighted by Crippen LogP contribution is -2.23. The highest BCUT2D eigenvalue weighted by atomic mass is 79.9. The lowest BCUT2D eigenvalue weighted by Gasteiger charge is -2.10. The molecule has 2 aromatic heterocycles. The van der Waals surface area contributed by atoms with E-state index in [1.807, 2.05) is 48.0 Å². The molecule has 0 radical (unpaired) electrons. The van der Waals surface area contributed by atoms with Crippen LogP contribution in [0.25, 0.3) is 5.69 Å². The monoisotopic (exact) mass is 361 g/mol. The van der Waals surface area contributed by atoms with Gasteiger partial charge in [-0.2, -0.15) is 5.10 Å². The highest BCUT2D eigenvalue weighted by molar-refractivity contribution is 9.10. The Labute approximate surface area is 134 Å². The van der Waals surface area contributed by atoms with Crippen molar-refractivity contribution in [1.82, 2.24) is 15.1 Å². The molecule has 3 rings (SSSR count). The fourth-order valence-corrected chi connectivity index (χ4v) is 3.47. The summed E-state index contributed by atoms with van der Waals surface area (Å²) in [4.78, 5) is 12.8. The minimum atomic E-state index is -0.0767. The van der Waals surface area contributed by atoms with E-state index in [1.54, 1.807) is 10.9 Å². The number of nitrogens with zero attached hydrogens (tertiary/aromatic N) is 2. The first kappa shape index (κ1) is 14.0. The number of hydrogen-bond acceptors (Lipinski definition) is 3. The Kier molecular flexibility index (Phi) is 4.17. The summed E-state index contributed by atoms with van der Waals surface area (Å²) >= 11 is 4.79. The maximum absolute atomic E-state index is 12.1. The fraction of sp³-hybridized carbons (Fsp3) is 0.0667. The number of thiophene rings is 1. The first-order valence-electron chi connectivity index (χ1n) is 6.35. The molecule has 0 unspecified atom stereocenters. The summed E-state index contributed by atoms with van der Waals surface area (Å²) < 4.78 is 2.62. The van der Waals surface area contributed by atoms with Crippen LogP contribution >= 0.6 is 27.3 Å². The third-order valence-corrected chi connectivity index (χ3v) is 4.84. The zero-order valence-corrected chi connectivity index (χ0v) is 13.4. The molecule has 3 aromatic rings. The number of rotatable bonds is 4. The molecule has 6 heteroatoms. The highest BCUT2D eigenvalue weighted by Gasteiger charge is 2.12. The van der Waals surface area contributed by atoms with Crippen molar-refractivity contribution >= 4 is 33.2 Å². The van der Waals surface area contributed by atoms with E-state index in [0.717, 1.165) is 15.7 Å². The fourth-order valence-electron chi connectivity index (χ4n) is 2.01. The molecule has 0 saturated carbocycles. The SMILES string of the molecule is O=C(NCc1ccccc1-n1cccn1)c1sccc1Br. The number of aromatic nitrogens is 2. The first-order valence-corrected chi connectivity index (χ1v) is 8.02. The Balaban J connectivity index is 1.77. The maximum atomic E-state index is 12.1. The molecule has 0 aliphatic rings. The number of nitrogens with one attached hydrogen (secondary N) is 1. The number of halogens is 1. The van der Waals surface area contributed by atoms with Gasteiger partial charge in [-0.05, 0) is 45.1 Å². The van der Waals surface area contributed by atoms with Gasteiger partial charge in [0.2, 0.25) is 0 Å². The van der Waals surface area contributed by atoms with E-state index in [0.29, 0.717) is 11.4 Å². The molecule has 0 fully saturated rings. The number of carbonyl (C=O) groups is 1. The van der Waals surface area contributed by atoms with Gasteiger partial charge >= 0.3 is 0 Å². The third kappa shape index (κ3) is 3.06. The minimum Gasteiger partial charge on any atom is -0.347 e. The molecule has 21 heavy (non-hydrogen) atoms. The van der Waals surface area contributed by atoms with E-state index in [4.69, 9.17) is 0 Å². The zero-order chi connectivity index (χ0) is 14.7. The van der Waals surface area contributed by atoms with Crippen molar-refractivity contribution < 1.29 is 4.79 Å². The van der Waals surface area contributed by atoms with Crippen LogP contribution in [0.2, 0.25) is 0 Å². The number of para-hydroxylation sites is 1. The maximum Gasteiger partial charge on any atom is 0.262 e. The van der Waals surface area contributed by atoms with Crippen LogP contribution in [0.4, 0.5) is 0 Å². The quantitative estimate of drug-likeness (QED) is 0.771. The van der Waals surface area contributed by atoms with E-state index in [1.165, 1.54) is 11.3 Å². The van der Waals surface area contributed by atoms with Crippen LogP contribution in [0, 0.1) is 0 Å². The van der Waals surface area contributed by atoms with Gasteiger partial charge in [-0.1, -0.05) is 18.2 Å². The van der Waals surface area contributed by atoms with Crippen LogP contribution in [-0.2, 0) is 6.54 Å². The number of benzene rings is 1. The molecule has 2 heterocycles. The molecule has 1 amide bonds. The molecule has 106 valence electrons. The van der Waals surface area contributed by atoms with Gasteiger partial charge in [0.1, 0.15) is 4.88 Å². The Morgan fingerprint density at radius 1 is 1.29 bits per heavy atom. The lowest BCUT2D eigenvalue weighted by molar-refractivity contribution is 0.0954. The minimum absolute atomic E-state index is 0.0767. The average molecular weight is 362 g/mol. The van der Waals surface area contributed by atoms with Crippen LogP contribution in [0.1, 0.15) is 15.2 Å². The predicted octanol–water partition coefficient (Wildman–Crippen LogP) is 3.63. The zero-order valence-electron chi connectivity index (χ0n) is 11.0. The topological polar surface area (TPSA) is 46.9 Å². The largest absolute Gasteiger partial charge is 0.347 e. The van der Waals surface area contributed by atoms with Gasteiger partial charge in [0.25, 0.3) is 5.91 Å². The smallest absolute Gasteiger partial charge is 0.262 e. The summed E-state index contributed by atoms with van der Waals surface area (Å²) in [5.74, 6) is -0.0767. The van der Waals surface area contributed by atoms with E-state index in [-0.39, 0.29) is 5.91 Å².